The Morgan fingerprint density at radius 3 is 2.85 bits per heavy atom. The lowest BCUT2D eigenvalue weighted by Crippen LogP contribution is -2.24. The lowest BCUT2D eigenvalue weighted by Gasteiger charge is -1.99. The van der Waals surface area contributed by atoms with Crippen LogP contribution >= 0.6 is 0 Å². The molecule has 1 aromatic carbocycles. The van der Waals surface area contributed by atoms with Crippen molar-refractivity contribution >= 4 is 18.1 Å². The monoisotopic (exact) mass is 275 g/mol. The van der Waals surface area contributed by atoms with E-state index < -0.39 is 0 Å². The van der Waals surface area contributed by atoms with Crippen LogP contribution < -0.4 is 15.9 Å². The molecular weight excluding hydrogens is 262 g/mol. The van der Waals surface area contributed by atoms with E-state index in [9.17, 15) is 4.79 Å². The second kappa shape index (κ2) is 6.27. The number of methoxy groups -OCH3 is 1. The summed E-state index contributed by atoms with van der Waals surface area (Å²) in [6, 6.07) is 7.22. The molecule has 0 fully saturated rings. The van der Waals surface area contributed by atoms with Crippen molar-refractivity contribution in [2.45, 2.75) is 6.54 Å². The van der Waals surface area contributed by atoms with E-state index in [2.05, 4.69) is 25.9 Å². The zero-order valence-corrected chi connectivity index (χ0v) is 10.7. The molecule has 0 unspecified atom stereocenters. The van der Waals surface area contributed by atoms with Gasteiger partial charge in [-0.1, -0.05) is 5.10 Å². The topological polar surface area (TPSA) is 120 Å². The van der Waals surface area contributed by atoms with Crippen LogP contribution in [-0.2, 0) is 11.3 Å². The fraction of sp³-hybridized carbons (Fsp3) is 0.182. The number of carbonyl (C=O) groups is 1. The maximum absolute atomic E-state index is 11.5. The summed E-state index contributed by atoms with van der Waals surface area (Å²) >= 11 is 0. The smallest absolute Gasteiger partial charge is 0.263 e. The number of hydrazone groups is 1. The number of aromatic nitrogens is 4. The van der Waals surface area contributed by atoms with E-state index in [1.165, 1.54) is 6.21 Å². The van der Waals surface area contributed by atoms with Gasteiger partial charge in [-0.2, -0.15) is 9.90 Å². The highest BCUT2D eigenvalue weighted by molar-refractivity contribution is 5.82. The second-order valence-corrected chi connectivity index (χ2v) is 3.74. The summed E-state index contributed by atoms with van der Waals surface area (Å²) < 4.78 is 5.03. The molecule has 2 rings (SSSR count). The predicted molar refractivity (Wildman–Crippen MR) is 71.0 cm³/mol. The normalized spacial score (nSPS) is 10.7. The van der Waals surface area contributed by atoms with Crippen molar-refractivity contribution < 1.29 is 9.53 Å². The SMILES string of the molecule is COc1ccc(/C=N/NC(=O)Cn2nnc(N)n2)cc1. The molecular formula is C11H13N7O2. The fourth-order valence-electron chi connectivity index (χ4n) is 1.36. The van der Waals surface area contributed by atoms with Gasteiger partial charge in [0, 0.05) is 0 Å². The highest BCUT2D eigenvalue weighted by Gasteiger charge is 2.04. The van der Waals surface area contributed by atoms with Gasteiger partial charge in [0.15, 0.2) is 0 Å². The van der Waals surface area contributed by atoms with E-state index in [0.29, 0.717) is 0 Å². The van der Waals surface area contributed by atoms with Gasteiger partial charge in [-0.3, -0.25) is 4.79 Å². The van der Waals surface area contributed by atoms with Crippen molar-refractivity contribution in [1.82, 2.24) is 25.6 Å². The summed E-state index contributed by atoms with van der Waals surface area (Å²) in [6.07, 6.45) is 1.51. The van der Waals surface area contributed by atoms with Gasteiger partial charge in [-0.05, 0) is 35.0 Å². The third-order valence-electron chi connectivity index (χ3n) is 2.27. The standard InChI is InChI=1S/C11H13N7O2/c1-20-9-4-2-8(3-5-9)6-13-14-10(19)7-18-16-11(12)15-17-18/h2-6H,7H2,1H3,(H2,12,16)(H,14,19)/b13-6+. The molecule has 0 saturated carbocycles. The van der Waals surface area contributed by atoms with Crippen molar-refractivity contribution in [3.8, 4) is 5.75 Å². The molecule has 1 amide bonds. The Balaban J connectivity index is 1.84. The van der Waals surface area contributed by atoms with Gasteiger partial charge in [0.05, 0.1) is 13.3 Å². The van der Waals surface area contributed by atoms with Crippen LogP contribution in [0.5, 0.6) is 5.75 Å². The molecule has 0 bridgehead atoms. The van der Waals surface area contributed by atoms with Crippen LogP contribution in [0, 0.1) is 0 Å². The Bertz CT molecular complexity index is 605. The van der Waals surface area contributed by atoms with E-state index >= 15 is 0 Å². The molecule has 2 aromatic rings. The molecule has 1 heterocycles. The molecule has 0 aliphatic carbocycles. The van der Waals surface area contributed by atoms with Crippen LogP contribution in [0.25, 0.3) is 0 Å². The quantitative estimate of drug-likeness (QED) is 0.556. The summed E-state index contributed by atoms with van der Waals surface area (Å²) in [5.41, 5.74) is 8.45. The highest BCUT2D eigenvalue weighted by Crippen LogP contribution is 2.09. The number of nitrogens with zero attached hydrogens (tertiary/aromatic N) is 5. The number of nitrogens with two attached hydrogens (primary N) is 1. The van der Waals surface area contributed by atoms with Gasteiger partial charge < -0.3 is 10.5 Å². The summed E-state index contributed by atoms with van der Waals surface area (Å²) in [7, 11) is 1.59. The third kappa shape index (κ3) is 3.77. The van der Waals surface area contributed by atoms with E-state index in [4.69, 9.17) is 10.5 Å². The minimum atomic E-state index is -0.382. The van der Waals surface area contributed by atoms with Crippen molar-refractivity contribution in [1.29, 1.82) is 0 Å². The van der Waals surface area contributed by atoms with Crippen LogP contribution in [0.1, 0.15) is 5.56 Å². The van der Waals surface area contributed by atoms with Crippen LogP contribution in [0.4, 0.5) is 5.95 Å². The van der Waals surface area contributed by atoms with Gasteiger partial charge in [-0.15, -0.1) is 5.10 Å². The average molecular weight is 275 g/mol. The minimum Gasteiger partial charge on any atom is -0.497 e. The van der Waals surface area contributed by atoms with Gasteiger partial charge in [0.1, 0.15) is 12.3 Å². The van der Waals surface area contributed by atoms with Crippen LogP contribution in [-0.4, -0.2) is 39.4 Å². The number of anilines is 1. The maximum Gasteiger partial charge on any atom is 0.263 e. The molecule has 0 radical (unpaired) electrons. The van der Waals surface area contributed by atoms with E-state index in [0.717, 1.165) is 16.1 Å². The van der Waals surface area contributed by atoms with Crippen molar-refractivity contribution in [2.24, 2.45) is 5.10 Å². The lowest BCUT2D eigenvalue weighted by atomic mass is 10.2. The molecule has 3 N–H and O–H groups in total. The number of tetrazole rings is 1. The molecule has 0 saturated heterocycles. The van der Waals surface area contributed by atoms with Crippen molar-refractivity contribution in [3.63, 3.8) is 0 Å². The van der Waals surface area contributed by atoms with Gasteiger partial charge in [0.2, 0.25) is 0 Å². The third-order valence-corrected chi connectivity index (χ3v) is 2.27. The Morgan fingerprint density at radius 2 is 2.25 bits per heavy atom. The zero-order valence-electron chi connectivity index (χ0n) is 10.7. The molecule has 0 atom stereocenters. The Morgan fingerprint density at radius 1 is 1.50 bits per heavy atom. The summed E-state index contributed by atoms with van der Waals surface area (Å²) in [5.74, 6) is 0.382. The molecule has 0 spiro atoms. The summed E-state index contributed by atoms with van der Waals surface area (Å²) in [5, 5.41) is 14.5. The van der Waals surface area contributed by atoms with Crippen LogP contribution in [0.3, 0.4) is 0 Å². The van der Waals surface area contributed by atoms with Gasteiger partial charge >= 0.3 is 0 Å². The molecule has 104 valence electrons. The molecule has 9 heteroatoms. The van der Waals surface area contributed by atoms with Crippen molar-refractivity contribution in [3.05, 3.63) is 29.8 Å². The largest absolute Gasteiger partial charge is 0.497 e. The number of hydrogen-bond acceptors (Lipinski definition) is 7. The Hall–Kier alpha value is -2.97. The van der Waals surface area contributed by atoms with Gasteiger partial charge in [-0.25, -0.2) is 5.43 Å². The fourth-order valence-corrected chi connectivity index (χ4v) is 1.36. The number of ether oxygens (including phenoxy) is 1. The van der Waals surface area contributed by atoms with Gasteiger partial charge in [0.25, 0.3) is 11.9 Å². The Labute approximate surface area is 114 Å². The van der Waals surface area contributed by atoms with Crippen molar-refractivity contribution in [2.75, 3.05) is 12.8 Å². The number of rotatable bonds is 5. The number of carbonyl (C=O) groups excluding carboxylic acids is 1. The predicted octanol–water partition coefficient (Wildman–Crippen LogP) is -0.586. The van der Waals surface area contributed by atoms with Crippen LogP contribution in [0.2, 0.25) is 0 Å². The first kappa shape index (κ1) is 13.5. The summed E-state index contributed by atoms with van der Waals surface area (Å²) in [6.45, 7) is -0.107. The number of benzene rings is 1. The first-order chi connectivity index (χ1) is 9.67. The Kier molecular flexibility index (Phi) is 4.22. The van der Waals surface area contributed by atoms with E-state index in [-0.39, 0.29) is 18.4 Å². The molecule has 0 aliphatic rings. The summed E-state index contributed by atoms with van der Waals surface area (Å²) in [4.78, 5) is 12.6. The maximum atomic E-state index is 11.5. The second-order valence-electron chi connectivity index (χ2n) is 3.74. The molecule has 0 aliphatic heterocycles. The first-order valence-corrected chi connectivity index (χ1v) is 5.66. The molecule has 9 nitrogen and oxygen atoms in total. The zero-order chi connectivity index (χ0) is 14.4. The number of amides is 1. The first-order valence-electron chi connectivity index (χ1n) is 5.66. The molecule has 20 heavy (non-hydrogen) atoms. The number of hydrogen-bond donors (Lipinski definition) is 2. The van der Waals surface area contributed by atoms with E-state index in [1.54, 1.807) is 19.2 Å². The van der Waals surface area contributed by atoms with Crippen LogP contribution in [0.15, 0.2) is 29.4 Å². The van der Waals surface area contributed by atoms with E-state index in [1.807, 2.05) is 12.1 Å². The minimum absolute atomic E-state index is 0.0135. The lowest BCUT2D eigenvalue weighted by molar-refractivity contribution is -0.122. The highest BCUT2D eigenvalue weighted by atomic mass is 16.5. The molecule has 1 aromatic heterocycles. The number of nitrogen functional groups attached to an aromatic ring is 1. The average Bonchev–Trinajstić information content (AvgIpc) is 2.85. The number of nitrogens with one attached hydrogen (secondary N) is 1.